The van der Waals surface area contributed by atoms with E-state index in [1.165, 1.54) is 0 Å². The van der Waals surface area contributed by atoms with Crippen molar-refractivity contribution in [3.63, 3.8) is 0 Å². The third kappa shape index (κ3) is 4.11. The molecule has 1 aromatic carbocycles. The Balaban J connectivity index is 1.56. The standard InChI is InChI=1S/C22H28N4O3/c1-15-21-19(24-22(23-15)26-9-7-25(8-10-26)11-12-27)13-17(14-20(21)28)16-3-5-18(29-2)6-4-16/h3-6,17,27H,7-14H2,1-2H3/t17-/m1/s1. The molecule has 0 radical (unpaired) electrons. The largest absolute Gasteiger partial charge is 0.497 e. The fourth-order valence-electron chi connectivity index (χ4n) is 4.32. The monoisotopic (exact) mass is 396 g/mol. The van der Waals surface area contributed by atoms with Gasteiger partial charge in [-0.3, -0.25) is 9.69 Å². The number of aryl methyl sites for hydroxylation is 1. The number of nitrogens with zero attached hydrogens (tertiary/aromatic N) is 4. The lowest BCUT2D eigenvalue weighted by molar-refractivity contribution is 0.0962. The van der Waals surface area contributed by atoms with Gasteiger partial charge in [-0.15, -0.1) is 0 Å². The molecule has 0 spiro atoms. The van der Waals surface area contributed by atoms with Crippen LogP contribution in [0.1, 0.15) is 39.6 Å². The van der Waals surface area contributed by atoms with Crippen molar-refractivity contribution >= 4 is 11.7 Å². The molecule has 1 aliphatic heterocycles. The quantitative estimate of drug-likeness (QED) is 0.826. The predicted molar refractivity (Wildman–Crippen MR) is 111 cm³/mol. The van der Waals surface area contributed by atoms with Crippen molar-refractivity contribution in [2.75, 3.05) is 51.3 Å². The molecule has 1 atom stereocenters. The fraction of sp³-hybridized carbons (Fsp3) is 0.500. The van der Waals surface area contributed by atoms with Crippen molar-refractivity contribution in [3.05, 3.63) is 46.8 Å². The number of aliphatic hydroxyl groups is 1. The first-order valence-electron chi connectivity index (χ1n) is 10.2. The van der Waals surface area contributed by atoms with Crippen LogP contribution in [0.15, 0.2) is 24.3 Å². The van der Waals surface area contributed by atoms with Crippen LogP contribution in [0.3, 0.4) is 0 Å². The van der Waals surface area contributed by atoms with Gasteiger partial charge in [-0.2, -0.15) is 0 Å². The van der Waals surface area contributed by atoms with Gasteiger partial charge in [0.1, 0.15) is 5.75 Å². The zero-order valence-corrected chi connectivity index (χ0v) is 17.1. The number of ketones is 1. The summed E-state index contributed by atoms with van der Waals surface area (Å²) in [6.45, 7) is 6.22. The topological polar surface area (TPSA) is 78.8 Å². The van der Waals surface area contributed by atoms with Gasteiger partial charge >= 0.3 is 0 Å². The van der Waals surface area contributed by atoms with Gasteiger partial charge in [0.25, 0.3) is 0 Å². The first-order chi connectivity index (χ1) is 14.1. The van der Waals surface area contributed by atoms with Crippen molar-refractivity contribution in [1.29, 1.82) is 0 Å². The lowest BCUT2D eigenvalue weighted by Crippen LogP contribution is -2.48. The van der Waals surface area contributed by atoms with E-state index in [1.807, 2.05) is 31.2 Å². The van der Waals surface area contributed by atoms with Crippen LogP contribution in [0, 0.1) is 6.92 Å². The Morgan fingerprint density at radius 1 is 1.10 bits per heavy atom. The number of aromatic nitrogens is 2. The van der Waals surface area contributed by atoms with E-state index >= 15 is 0 Å². The summed E-state index contributed by atoms with van der Waals surface area (Å²) in [5.41, 5.74) is 3.49. The number of Topliss-reactive ketones (excluding diaryl/α,β-unsaturated/α-hetero) is 1. The highest BCUT2D eigenvalue weighted by Gasteiger charge is 2.31. The molecule has 1 fully saturated rings. The van der Waals surface area contributed by atoms with E-state index in [9.17, 15) is 4.79 Å². The average molecular weight is 396 g/mol. The van der Waals surface area contributed by atoms with Crippen molar-refractivity contribution < 1.29 is 14.6 Å². The van der Waals surface area contributed by atoms with Crippen LogP contribution in [0.2, 0.25) is 0 Å². The number of anilines is 1. The molecule has 154 valence electrons. The normalized spacial score (nSPS) is 19.9. The predicted octanol–water partition coefficient (Wildman–Crippen LogP) is 1.82. The zero-order valence-electron chi connectivity index (χ0n) is 17.1. The molecular weight excluding hydrogens is 368 g/mol. The molecular formula is C22H28N4O3. The number of β-amino-alcohol motifs (C(OH)–C–C–N with tert-alkyl or cyclic N) is 1. The molecule has 2 heterocycles. The number of hydrogen-bond acceptors (Lipinski definition) is 7. The van der Waals surface area contributed by atoms with Gasteiger partial charge in [-0.05, 0) is 37.0 Å². The molecule has 0 saturated carbocycles. The van der Waals surface area contributed by atoms with Crippen molar-refractivity contribution in [1.82, 2.24) is 14.9 Å². The second kappa shape index (κ2) is 8.47. The molecule has 0 bridgehead atoms. The minimum atomic E-state index is 0.129. The van der Waals surface area contributed by atoms with E-state index in [2.05, 4.69) is 14.8 Å². The van der Waals surface area contributed by atoms with Crippen LogP contribution < -0.4 is 9.64 Å². The maximum absolute atomic E-state index is 12.9. The lowest BCUT2D eigenvalue weighted by atomic mass is 9.81. The van der Waals surface area contributed by atoms with Gasteiger partial charge in [0, 0.05) is 39.1 Å². The van der Waals surface area contributed by atoms with E-state index in [0.29, 0.717) is 24.5 Å². The van der Waals surface area contributed by atoms with Gasteiger partial charge in [-0.25, -0.2) is 9.97 Å². The summed E-state index contributed by atoms with van der Waals surface area (Å²) in [7, 11) is 1.65. The number of fused-ring (bicyclic) bond motifs is 1. The molecule has 7 heteroatoms. The van der Waals surface area contributed by atoms with Crippen LogP contribution in [-0.2, 0) is 6.42 Å². The minimum Gasteiger partial charge on any atom is -0.497 e. The molecule has 4 rings (SSSR count). The number of methoxy groups -OCH3 is 1. The molecule has 1 aromatic heterocycles. The van der Waals surface area contributed by atoms with Gasteiger partial charge in [0.2, 0.25) is 5.95 Å². The lowest BCUT2D eigenvalue weighted by Gasteiger charge is -2.35. The summed E-state index contributed by atoms with van der Waals surface area (Å²) in [4.78, 5) is 26.8. The first-order valence-corrected chi connectivity index (χ1v) is 10.2. The molecule has 1 aliphatic carbocycles. The molecule has 1 N–H and O–H groups in total. The summed E-state index contributed by atoms with van der Waals surface area (Å²) in [5, 5.41) is 9.12. The second-order valence-electron chi connectivity index (χ2n) is 7.78. The average Bonchev–Trinajstić information content (AvgIpc) is 2.74. The summed E-state index contributed by atoms with van der Waals surface area (Å²) in [6.07, 6.45) is 1.23. The van der Waals surface area contributed by atoms with Crippen LogP contribution in [0.5, 0.6) is 5.75 Å². The van der Waals surface area contributed by atoms with E-state index < -0.39 is 0 Å². The molecule has 0 amide bonds. The molecule has 7 nitrogen and oxygen atoms in total. The molecule has 2 aliphatic rings. The fourth-order valence-corrected chi connectivity index (χ4v) is 4.32. The third-order valence-electron chi connectivity index (χ3n) is 5.96. The minimum absolute atomic E-state index is 0.129. The smallest absolute Gasteiger partial charge is 0.225 e. The van der Waals surface area contributed by atoms with E-state index in [1.54, 1.807) is 7.11 Å². The maximum atomic E-state index is 12.9. The van der Waals surface area contributed by atoms with Gasteiger partial charge in [0.15, 0.2) is 5.78 Å². The van der Waals surface area contributed by atoms with E-state index in [0.717, 1.165) is 55.3 Å². The highest BCUT2D eigenvalue weighted by molar-refractivity contribution is 5.99. The number of ether oxygens (including phenoxy) is 1. The Hall–Kier alpha value is -2.51. The summed E-state index contributed by atoms with van der Waals surface area (Å²) in [6, 6.07) is 7.96. The third-order valence-corrected chi connectivity index (χ3v) is 5.96. The highest BCUT2D eigenvalue weighted by atomic mass is 16.5. The van der Waals surface area contributed by atoms with Crippen molar-refractivity contribution in [2.45, 2.75) is 25.7 Å². The Kier molecular flexibility index (Phi) is 5.78. The van der Waals surface area contributed by atoms with Crippen molar-refractivity contribution in [2.24, 2.45) is 0 Å². The zero-order chi connectivity index (χ0) is 20.4. The van der Waals surface area contributed by atoms with Gasteiger partial charge in [0.05, 0.1) is 30.7 Å². The van der Waals surface area contributed by atoms with E-state index in [4.69, 9.17) is 14.8 Å². The molecule has 2 aromatic rings. The molecule has 29 heavy (non-hydrogen) atoms. The number of carbonyl (C=O) groups is 1. The van der Waals surface area contributed by atoms with Crippen LogP contribution >= 0.6 is 0 Å². The number of aliphatic hydroxyl groups excluding tert-OH is 1. The van der Waals surface area contributed by atoms with Crippen LogP contribution in [-0.4, -0.2) is 72.2 Å². The number of piperazine rings is 1. The van der Waals surface area contributed by atoms with E-state index in [-0.39, 0.29) is 18.3 Å². The summed E-state index contributed by atoms with van der Waals surface area (Å²) in [5.74, 6) is 1.79. The second-order valence-corrected chi connectivity index (χ2v) is 7.78. The summed E-state index contributed by atoms with van der Waals surface area (Å²) >= 11 is 0. The Morgan fingerprint density at radius 2 is 1.83 bits per heavy atom. The SMILES string of the molecule is COc1ccc([C@H]2CC(=O)c3c(C)nc(N4CCN(CCO)CC4)nc3C2)cc1. The number of benzene rings is 1. The van der Waals surface area contributed by atoms with Gasteiger partial charge < -0.3 is 14.7 Å². The molecule has 0 unspecified atom stereocenters. The molecule has 1 saturated heterocycles. The maximum Gasteiger partial charge on any atom is 0.225 e. The number of rotatable bonds is 5. The summed E-state index contributed by atoms with van der Waals surface area (Å²) < 4.78 is 5.24. The van der Waals surface area contributed by atoms with Crippen LogP contribution in [0.25, 0.3) is 0 Å². The number of hydrogen-bond donors (Lipinski definition) is 1. The number of carbonyl (C=O) groups excluding carboxylic acids is 1. The Labute approximate surface area is 171 Å². The van der Waals surface area contributed by atoms with Gasteiger partial charge in [-0.1, -0.05) is 12.1 Å². The van der Waals surface area contributed by atoms with Crippen molar-refractivity contribution in [3.8, 4) is 5.75 Å². The first kappa shape index (κ1) is 19.8. The Bertz CT molecular complexity index is 876. The highest BCUT2D eigenvalue weighted by Crippen LogP contribution is 2.34. The van der Waals surface area contributed by atoms with Crippen LogP contribution in [0.4, 0.5) is 5.95 Å². The Morgan fingerprint density at radius 3 is 2.48 bits per heavy atom.